The van der Waals surface area contributed by atoms with Gasteiger partial charge in [-0.2, -0.15) is 0 Å². The minimum atomic E-state index is -5.67. The number of hydrogen-bond donors (Lipinski definition) is 4. The number of rotatable bonds is 0. The van der Waals surface area contributed by atoms with Crippen LogP contribution in [-0.4, -0.2) is 63.9 Å². The summed E-state index contributed by atoms with van der Waals surface area (Å²) in [5.74, 6) is 0. The molecule has 68 valence electrons. The Morgan fingerprint density at radius 3 is 0.636 bits per heavy atom. The van der Waals surface area contributed by atoms with E-state index < -0.39 is 33.5 Å². The minimum absolute atomic E-state index is 0. The molecular formula is H6BaO8W2. The summed E-state index contributed by atoms with van der Waals surface area (Å²) in [7, 11) is 0. The molecule has 0 heterocycles. The van der Waals surface area contributed by atoms with Gasteiger partial charge in [0.1, 0.15) is 0 Å². The molecule has 0 rings (SSSR count). The van der Waals surface area contributed by atoms with Crippen LogP contribution < -0.4 is 0 Å². The third-order valence-electron chi connectivity index (χ3n) is 0. The molecule has 0 unspecified atom stereocenters. The fourth-order valence-electron chi connectivity index (χ4n) is 0. The maximum atomic E-state index is 8.87. The van der Waals surface area contributed by atoms with Crippen molar-refractivity contribution in [2.24, 2.45) is 0 Å². The molecule has 8 nitrogen and oxygen atoms in total. The topological polar surface area (TPSA) is 149 Å². The predicted octanol–water partition coefficient (Wildman–Crippen LogP) is -3.62. The van der Waals surface area contributed by atoms with Gasteiger partial charge in [0.15, 0.2) is 0 Å². The van der Waals surface area contributed by atoms with E-state index in [0.29, 0.717) is 0 Å². The summed E-state index contributed by atoms with van der Waals surface area (Å²) in [6.07, 6.45) is 0. The predicted molar refractivity (Wildman–Crippen MR) is 20.2 cm³/mol. The van der Waals surface area contributed by atoms with Crippen LogP contribution in [0, 0.1) is 0 Å². The summed E-state index contributed by atoms with van der Waals surface area (Å²) in [6.45, 7) is 0. The molecule has 0 spiro atoms. The van der Waals surface area contributed by atoms with Crippen molar-refractivity contribution in [3.05, 3.63) is 0 Å². The van der Waals surface area contributed by atoms with Gasteiger partial charge in [-0.1, -0.05) is 0 Å². The molecule has 0 aromatic carbocycles. The van der Waals surface area contributed by atoms with Gasteiger partial charge in [0.05, 0.1) is 0 Å². The van der Waals surface area contributed by atoms with Crippen LogP contribution in [0.3, 0.4) is 0 Å². The van der Waals surface area contributed by atoms with Crippen molar-refractivity contribution in [3.8, 4) is 0 Å². The van der Waals surface area contributed by atoms with Crippen LogP contribution in [0.4, 0.5) is 0 Å². The average molecular weight is 639 g/mol. The Balaban J connectivity index is -0.000000107. The molecule has 0 saturated carbocycles. The Kier molecular flexibility index (Phi) is 12.6. The van der Waals surface area contributed by atoms with E-state index in [4.69, 9.17) is 28.6 Å². The first-order valence-electron chi connectivity index (χ1n) is 1.40. The molecule has 0 aromatic rings. The van der Waals surface area contributed by atoms with Gasteiger partial charge < -0.3 is 0 Å². The molecule has 4 N–H and O–H groups in total. The zero-order valence-corrected chi connectivity index (χ0v) is 10.1. The quantitative estimate of drug-likeness (QED) is 0.199. The van der Waals surface area contributed by atoms with E-state index >= 15 is 0 Å². The van der Waals surface area contributed by atoms with E-state index in [1.807, 2.05) is 0 Å². The standard InChI is InChI=1S/Ba.4H2O.4O.2W.2H/h;4*1H2;;;;;;;;/q;;;;;;;;;2*+2;;/p-4. The van der Waals surface area contributed by atoms with Gasteiger partial charge >= 0.3 is 111 Å². The molecule has 0 atom stereocenters. The van der Waals surface area contributed by atoms with E-state index in [9.17, 15) is 0 Å². The summed E-state index contributed by atoms with van der Waals surface area (Å²) in [6, 6.07) is 0. The first-order chi connectivity index (χ1) is 4.00. The molecule has 0 amide bonds. The van der Waals surface area contributed by atoms with Crippen molar-refractivity contribution in [1.82, 2.24) is 0 Å². The average Bonchev–Trinajstić information content (AvgIpc) is 1.12. The Labute approximate surface area is 109 Å². The van der Waals surface area contributed by atoms with Crippen molar-refractivity contribution < 1.29 is 62.1 Å². The Hall–Kier alpha value is 1.99. The molecule has 0 aliphatic rings. The summed E-state index contributed by atoms with van der Waals surface area (Å²) in [4.78, 5) is 0. The van der Waals surface area contributed by atoms with Gasteiger partial charge in [-0.15, -0.1) is 0 Å². The van der Waals surface area contributed by atoms with Gasteiger partial charge in [0.2, 0.25) is 0 Å². The summed E-state index contributed by atoms with van der Waals surface area (Å²) in [5, 5.41) is 0. The number of hydrogen-bond acceptors (Lipinski definition) is 4. The second kappa shape index (κ2) is 7.40. The van der Waals surface area contributed by atoms with E-state index in [-0.39, 0.29) is 48.9 Å². The van der Waals surface area contributed by atoms with E-state index in [2.05, 4.69) is 0 Å². The first-order valence-corrected chi connectivity index (χ1v) is 11.4. The van der Waals surface area contributed by atoms with Gasteiger partial charge in [0.25, 0.3) is 0 Å². The molecule has 0 fully saturated rings. The zero-order valence-electron chi connectivity index (χ0n) is 4.24. The summed E-state index contributed by atoms with van der Waals surface area (Å²) < 4.78 is 64.2. The monoisotopic (exact) mass is 640 g/mol. The Bertz CT molecular complexity index is 208. The van der Waals surface area contributed by atoms with Crippen LogP contribution in [0.2, 0.25) is 0 Å². The van der Waals surface area contributed by atoms with E-state index in [1.54, 1.807) is 0 Å². The molecule has 0 aliphatic heterocycles. The SMILES string of the molecule is [BaH2].[O]=[W](=[O])([OH])[OH].[O]=[W](=[O])([OH])[OH]. The van der Waals surface area contributed by atoms with E-state index in [0.717, 1.165) is 0 Å². The Morgan fingerprint density at radius 2 is 0.636 bits per heavy atom. The fraction of sp³-hybridized carbons (Fsp3) is 0. The summed E-state index contributed by atoms with van der Waals surface area (Å²) >= 11 is -11.3. The van der Waals surface area contributed by atoms with Crippen LogP contribution >= 0.6 is 0 Å². The molecule has 11 heteroatoms. The fourth-order valence-corrected chi connectivity index (χ4v) is 0. The molecule has 0 saturated heterocycles. The van der Waals surface area contributed by atoms with E-state index in [1.165, 1.54) is 0 Å². The van der Waals surface area contributed by atoms with Crippen molar-refractivity contribution in [2.75, 3.05) is 0 Å². The molecular weight excluding hydrogens is 633 g/mol. The van der Waals surface area contributed by atoms with Gasteiger partial charge in [0, 0.05) is 0 Å². The molecule has 0 bridgehead atoms. The van der Waals surface area contributed by atoms with Crippen LogP contribution in [0.1, 0.15) is 0 Å². The van der Waals surface area contributed by atoms with Crippen LogP contribution in [0.25, 0.3) is 0 Å². The second-order valence-corrected chi connectivity index (χ2v) is 7.33. The third kappa shape index (κ3) is 303. The zero-order chi connectivity index (χ0) is 9.00. The van der Waals surface area contributed by atoms with Gasteiger partial charge in [-0.25, -0.2) is 0 Å². The molecule has 0 aromatic heterocycles. The Morgan fingerprint density at radius 1 is 0.636 bits per heavy atom. The van der Waals surface area contributed by atoms with Crippen LogP contribution in [-0.2, 0) is 47.1 Å². The van der Waals surface area contributed by atoms with Crippen molar-refractivity contribution in [3.63, 3.8) is 0 Å². The van der Waals surface area contributed by atoms with Crippen LogP contribution in [0.15, 0.2) is 0 Å². The van der Waals surface area contributed by atoms with Crippen molar-refractivity contribution in [2.45, 2.75) is 0 Å². The third-order valence-corrected chi connectivity index (χ3v) is 0. The molecule has 0 aliphatic carbocycles. The van der Waals surface area contributed by atoms with Crippen LogP contribution in [0.5, 0.6) is 0 Å². The van der Waals surface area contributed by atoms with Gasteiger partial charge in [-0.3, -0.25) is 0 Å². The van der Waals surface area contributed by atoms with Crippen molar-refractivity contribution in [1.29, 1.82) is 0 Å². The maximum absolute atomic E-state index is 8.87. The molecule has 11 heavy (non-hydrogen) atoms. The summed E-state index contributed by atoms with van der Waals surface area (Å²) in [5.41, 5.74) is 0. The van der Waals surface area contributed by atoms with Crippen molar-refractivity contribution >= 4 is 48.9 Å². The molecule has 0 radical (unpaired) electrons. The normalized spacial score (nSPS) is 10.5. The first kappa shape index (κ1) is 18.7. The second-order valence-electron chi connectivity index (χ2n) is 0.896. The van der Waals surface area contributed by atoms with Gasteiger partial charge in [-0.05, 0) is 0 Å².